The Morgan fingerprint density at radius 3 is 2.58 bits per heavy atom. The molecular weight excluding hydrogens is 340 g/mol. The highest BCUT2D eigenvalue weighted by atomic mass is 16.5. The molecule has 26 heavy (non-hydrogen) atoms. The third kappa shape index (κ3) is 4.33. The van der Waals surface area contributed by atoms with Gasteiger partial charge in [0.25, 0.3) is 0 Å². The Kier molecular flexibility index (Phi) is 6.21. The maximum Gasteiger partial charge on any atom is 0.338 e. The quantitative estimate of drug-likeness (QED) is 0.566. The average Bonchev–Trinajstić information content (AvgIpc) is 2.59. The molecule has 0 fully saturated rings. The summed E-state index contributed by atoms with van der Waals surface area (Å²) in [6.45, 7) is 5.00. The number of rotatable bonds is 7. The number of esters is 1. The number of benzene rings is 1. The van der Waals surface area contributed by atoms with Gasteiger partial charge in [0, 0.05) is 5.56 Å². The summed E-state index contributed by atoms with van der Waals surface area (Å²) in [6.07, 6.45) is 0. The fraction of sp³-hybridized carbons (Fsp3) is 0.389. The summed E-state index contributed by atoms with van der Waals surface area (Å²) in [5, 5.41) is 5.20. The lowest BCUT2D eigenvalue weighted by Gasteiger charge is -2.26. The molecule has 0 saturated heterocycles. The second-order valence-electron chi connectivity index (χ2n) is 5.64. The molecule has 0 saturated carbocycles. The SMILES string of the molecule is CCOC(=O)C1=C(COc2ccc(C(C)=O)cc2OC)NC(=O)N[C@@H]1C. The van der Waals surface area contributed by atoms with Gasteiger partial charge in [-0.1, -0.05) is 0 Å². The van der Waals surface area contributed by atoms with Gasteiger partial charge in [-0.05, 0) is 39.0 Å². The molecule has 1 aromatic rings. The maximum atomic E-state index is 12.2. The summed E-state index contributed by atoms with van der Waals surface area (Å²) in [6, 6.07) is 3.85. The van der Waals surface area contributed by atoms with Gasteiger partial charge in [0.2, 0.25) is 0 Å². The van der Waals surface area contributed by atoms with Crippen LogP contribution in [0.5, 0.6) is 11.5 Å². The Morgan fingerprint density at radius 2 is 1.96 bits per heavy atom. The van der Waals surface area contributed by atoms with Crippen molar-refractivity contribution in [3.63, 3.8) is 0 Å². The average molecular weight is 362 g/mol. The van der Waals surface area contributed by atoms with Crippen LogP contribution in [0.2, 0.25) is 0 Å². The highest BCUT2D eigenvalue weighted by Gasteiger charge is 2.30. The summed E-state index contributed by atoms with van der Waals surface area (Å²) in [5.74, 6) is 0.143. The van der Waals surface area contributed by atoms with E-state index >= 15 is 0 Å². The zero-order valence-electron chi connectivity index (χ0n) is 15.2. The van der Waals surface area contributed by atoms with Gasteiger partial charge in [0.1, 0.15) is 6.61 Å². The lowest BCUT2D eigenvalue weighted by Crippen LogP contribution is -2.50. The summed E-state index contributed by atoms with van der Waals surface area (Å²) in [5.41, 5.74) is 1.10. The van der Waals surface area contributed by atoms with E-state index in [1.807, 2.05) is 0 Å². The first-order valence-electron chi connectivity index (χ1n) is 8.16. The summed E-state index contributed by atoms with van der Waals surface area (Å²) in [4.78, 5) is 35.4. The number of nitrogens with one attached hydrogen (secondary N) is 2. The van der Waals surface area contributed by atoms with Crippen LogP contribution in [0, 0.1) is 0 Å². The second-order valence-corrected chi connectivity index (χ2v) is 5.64. The molecule has 2 N–H and O–H groups in total. The van der Waals surface area contributed by atoms with Crippen molar-refractivity contribution in [3.05, 3.63) is 35.0 Å². The number of ketones is 1. The van der Waals surface area contributed by atoms with Gasteiger partial charge in [-0.25, -0.2) is 9.59 Å². The molecular formula is C18H22N2O6. The molecule has 8 nitrogen and oxygen atoms in total. The van der Waals surface area contributed by atoms with E-state index in [1.165, 1.54) is 14.0 Å². The molecule has 1 aliphatic rings. The highest BCUT2D eigenvalue weighted by molar-refractivity contribution is 5.95. The minimum atomic E-state index is -0.523. The molecule has 2 amide bonds. The highest BCUT2D eigenvalue weighted by Crippen LogP contribution is 2.29. The van der Waals surface area contributed by atoms with E-state index in [9.17, 15) is 14.4 Å². The van der Waals surface area contributed by atoms with E-state index in [0.717, 1.165) is 0 Å². The van der Waals surface area contributed by atoms with Crippen molar-refractivity contribution in [2.75, 3.05) is 20.3 Å². The minimum Gasteiger partial charge on any atom is -0.493 e. The number of urea groups is 1. The normalized spacial score (nSPS) is 16.5. The number of ether oxygens (including phenoxy) is 3. The Morgan fingerprint density at radius 1 is 1.23 bits per heavy atom. The van der Waals surface area contributed by atoms with Gasteiger partial charge in [0.05, 0.1) is 31.0 Å². The summed E-state index contributed by atoms with van der Waals surface area (Å²) < 4.78 is 16.0. The van der Waals surface area contributed by atoms with Crippen LogP contribution >= 0.6 is 0 Å². The topological polar surface area (TPSA) is 103 Å². The molecule has 1 heterocycles. The van der Waals surface area contributed by atoms with E-state index in [0.29, 0.717) is 28.3 Å². The third-order valence-corrected chi connectivity index (χ3v) is 3.81. The van der Waals surface area contributed by atoms with Crippen LogP contribution in [-0.2, 0) is 9.53 Å². The lowest BCUT2D eigenvalue weighted by molar-refractivity contribution is -0.139. The van der Waals surface area contributed by atoms with Crippen molar-refractivity contribution in [2.24, 2.45) is 0 Å². The first kappa shape index (κ1) is 19.3. The molecule has 0 spiro atoms. The standard InChI is InChI=1S/C18H22N2O6/c1-5-25-17(22)16-10(2)19-18(23)20-13(16)9-26-14-7-6-12(11(3)21)8-15(14)24-4/h6-8,10H,5,9H2,1-4H3,(H2,19,20,23)/t10-/m1/s1. The Bertz CT molecular complexity index is 756. The molecule has 1 aromatic carbocycles. The summed E-state index contributed by atoms with van der Waals surface area (Å²) in [7, 11) is 1.46. The van der Waals surface area contributed by atoms with Crippen molar-refractivity contribution < 1.29 is 28.6 Å². The fourth-order valence-electron chi connectivity index (χ4n) is 2.55. The first-order valence-corrected chi connectivity index (χ1v) is 8.16. The number of methoxy groups -OCH3 is 1. The van der Waals surface area contributed by atoms with Gasteiger partial charge in [-0.3, -0.25) is 4.79 Å². The van der Waals surface area contributed by atoms with Crippen molar-refractivity contribution in [1.29, 1.82) is 0 Å². The fourth-order valence-corrected chi connectivity index (χ4v) is 2.55. The largest absolute Gasteiger partial charge is 0.493 e. The number of hydrogen-bond donors (Lipinski definition) is 2. The molecule has 0 aromatic heterocycles. The number of Topliss-reactive ketones (excluding diaryl/α,β-unsaturated/α-hetero) is 1. The van der Waals surface area contributed by atoms with E-state index in [4.69, 9.17) is 14.2 Å². The van der Waals surface area contributed by atoms with Crippen LogP contribution in [0.4, 0.5) is 4.79 Å². The molecule has 1 atom stereocenters. The maximum absolute atomic E-state index is 12.2. The number of carbonyl (C=O) groups is 3. The van der Waals surface area contributed by atoms with Crippen LogP contribution in [0.1, 0.15) is 31.1 Å². The van der Waals surface area contributed by atoms with Gasteiger partial charge >= 0.3 is 12.0 Å². The first-order chi connectivity index (χ1) is 12.4. The number of carbonyl (C=O) groups excluding carboxylic acids is 3. The van der Waals surface area contributed by atoms with Gasteiger partial charge in [-0.15, -0.1) is 0 Å². The molecule has 0 bridgehead atoms. The van der Waals surface area contributed by atoms with E-state index in [2.05, 4.69) is 10.6 Å². The molecule has 8 heteroatoms. The predicted molar refractivity (Wildman–Crippen MR) is 93.3 cm³/mol. The molecule has 140 valence electrons. The lowest BCUT2D eigenvalue weighted by atomic mass is 10.0. The van der Waals surface area contributed by atoms with E-state index in [-0.39, 0.29) is 19.0 Å². The molecule has 0 unspecified atom stereocenters. The Hall–Kier alpha value is -3.03. The zero-order valence-corrected chi connectivity index (χ0v) is 15.2. The number of hydrogen-bond acceptors (Lipinski definition) is 6. The van der Waals surface area contributed by atoms with Crippen LogP contribution in [0.25, 0.3) is 0 Å². The monoisotopic (exact) mass is 362 g/mol. The minimum absolute atomic E-state index is 0.0678. The van der Waals surface area contributed by atoms with E-state index in [1.54, 1.807) is 32.0 Å². The molecule has 2 rings (SSSR count). The molecule has 0 radical (unpaired) electrons. The van der Waals surface area contributed by atoms with Gasteiger partial charge < -0.3 is 24.8 Å². The van der Waals surface area contributed by atoms with Crippen molar-refractivity contribution in [1.82, 2.24) is 10.6 Å². The van der Waals surface area contributed by atoms with Crippen LogP contribution < -0.4 is 20.1 Å². The van der Waals surface area contributed by atoms with Crippen LogP contribution in [0.15, 0.2) is 29.5 Å². The third-order valence-electron chi connectivity index (χ3n) is 3.81. The molecule has 0 aliphatic carbocycles. The smallest absolute Gasteiger partial charge is 0.338 e. The Balaban J connectivity index is 2.27. The zero-order chi connectivity index (χ0) is 19.3. The van der Waals surface area contributed by atoms with Crippen molar-refractivity contribution in [2.45, 2.75) is 26.8 Å². The predicted octanol–water partition coefficient (Wildman–Crippen LogP) is 1.80. The van der Waals surface area contributed by atoms with Crippen LogP contribution in [0.3, 0.4) is 0 Å². The van der Waals surface area contributed by atoms with Gasteiger partial charge in [0.15, 0.2) is 17.3 Å². The van der Waals surface area contributed by atoms with Gasteiger partial charge in [-0.2, -0.15) is 0 Å². The Labute approximate surface area is 151 Å². The van der Waals surface area contributed by atoms with Crippen molar-refractivity contribution in [3.8, 4) is 11.5 Å². The van der Waals surface area contributed by atoms with E-state index < -0.39 is 18.0 Å². The van der Waals surface area contributed by atoms with Crippen LogP contribution in [-0.4, -0.2) is 44.1 Å². The molecule has 1 aliphatic heterocycles. The van der Waals surface area contributed by atoms with Crippen molar-refractivity contribution >= 4 is 17.8 Å². The summed E-state index contributed by atoms with van der Waals surface area (Å²) >= 11 is 0. The second kappa shape index (κ2) is 8.37. The number of amides is 2.